The third kappa shape index (κ3) is 5.26. The van der Waals surface area contributed by atoms with Gasteiger partial charge in [0, 0.05) is 11.3 Å². The molecule has 0 saturated carbocycles. The normalized spacial score (nSPS) is 10.6. The number of carbonyl (C=O) groups excluding carboxylic acids is 2. The van der Waals surface area contributed by atoms with E-state index in [9.17, 15) is 14.7 Å². The number of anilines is 1. The van der Waals surface area contributed by atoms with Crippen LogP contribution >= 0.6 is 23.2 Å². The van der Waals surface area contributed by atoms with Gasteiger partial charge in [-0.3, -0.25) is 9.59 Å². The fourth-order valence-corrected chi connectivity index (χ4v) is 2.03. The summed E-state index contributed by atoms with van der Waals surface area (Å²) in [6.07, 6.45) is 0.864. The van der Waals surface area contributed by atoms with Crippen molar-refractivity contribution in [2.45, 2.75) is 6.42 Å². The van der Waals surface area contributed by atoms with Crippen LogP contribution < -0.4 is 10.7 Å². The van der Waals surface area contributed by atoms with Gasteiger partial charge in [-0.05, 0) is 30.3 Å². The van der Waals surface area contributed by atoms with Crippen LogP contribution in [0.25, 0.3) is 0 Å². The van der Waals surface area contributed by atoms with E-state index in [1.54, 1.807) is 24.3 Å². The number of nitrogens with zero attached hydrogens (tertiary/aromatic N) is 1. The fourth-order valence-electron chi connectivity index (χ4n) is 1.73. The Labute approximate surface area is 148 Å². The highest BCUT2D eigenvalue weighted by Gasteiger charge is 2.10. The highest BCUT2D eigenvalue weighted by molar-refractivity contribution is 6.42. The monoisotopic (exact) mass is 365 g/mol. The molecule has 6 nitrogen and oxygen atoms in total. The van der Waals surface area contributed by atoms with Crippen molar-refractivity contribution < 1.29 is 14.7 Å². The summed E-state index contributed by atoms with van der Waals surface area (Å²) in [6, 6.07) is 11.1. The Hall–Kier alpha value is -2.57. The first kappa shape index (κ1) is 17.8. The second-order valence-corrected chi connectivity index (χ2v) is 5.52. The molecule has 3 N–H and O–H groups in total. The summed E-state index contributed by atoms with van der Waals surface area (Å²) in [4.78, 5) is 23.4. The summed E-state index contributed by atoms with van der Waals surface area (Å²) in [7, 11) is 0. The van der Waals surface area contributed by atoms with Crippen LogP contribution in [0.2, 0.25) is 10.0 Å². The van der Waals surface area contributed by atoms with Crippen LogP contribution in [0.5, 0.6) is 5.75 Å². The van der Waals surface area contributed by atoms with Crippen LogP contribution in [0, 0.1) is 0 Å². The zero-order valence-corrected chi connectivity index (χ0v) is 13.8. The van der Waals surface area contributed by atoms with Crippen LogP contribution in [0.15, 0.2) is 47.6 Å². The van der Waals surface area contributed by atoms with Gasteiger partial charge in [0.2, 0.25) is 11.8 Å². The van der Waals surface area contributed by atoms with E-state index in [4.69, 9.17) is 23.2 Å². The third-order valence-electron chi connectivity index (χ3n) is 2.85. The molecule has 0 fully saturated rings. The van der Waals surface area contributed by atoms with Gasteiger partial charge >= 0.3 is 0 Å². The summed E-state index contributed by atoms with van der Waals surface area (Å²) in [5.74, 6) is -1.09. The number of rotatable bonds is 5. The lowest BCUT2D eigenvalue weighted by atomic mass is 10.2. The average Bonchev–Trinajstić information content (AvgIpc) is 2.52. The summed E-state index contributed by atoms with van der Waals surface area (Å²) in [6.45, 7) is 0. The second-order valence-electron chi connectivity index (χ2n) is 4.71. The van der Waals surface area contributed by atoms with Crippen molar-refractivity contribution in [2.75, 3.05) is 5.32 Å². The highest BCUT2D eigenvalue weighted by atomic mass is 35.5. The predicted octanol–water partition coefficient (Wildman–Crippen LogP) is 3.18. The first-order valence-corrected chi connectivity index (χ1v) is 7.56. The number of aromatic hydroxyl groups is 1. The minimum absolute atomic E-state index is 0.0351. The topological polar surface area (TPSA) is 90.8 Å². The molecule has 24 heavy (non-hydrogen) atoms. The van der Waals surface area contributed by atoms with Gasteiger partial charge in [0.1, 0.15) is 12.2 Å². The molecule has 0 aromatic heterocycles. The molecule has 2 aromatic carbocycles. The lowest BCUT2D eigenvalue weighted by Crippen LogP contribution is -2.24. The molecule has 0 saturated heterocycles. The van der Waals surface area contributed by atoms with Gasteiger partial charge in [0.15, 0.2) is 0 Å². The summed E-state index contributed by atoms with van der Waals surface area (Å²) < 4.78 is 0. The van der Waals surface area contributed by atoms with Gasteiger partial charge in [-0.25, -0.2) is 5.43 Å². The zero-order valence-electron chi connectivity index (χ0n) is 12.3. The quantitative estimate of drug-likeness (QED) is 0.431. The van der Waals surface area contributed by atoms with E-state index < -0.39 is 18.2 Å². The van der Waals surface area contributed by atoms with Gasteiger partial charge in [-0.15, -0.1) is 0 Å². The largest absolute Gasteiger partial charge is 0.507 e. The number of halogens is 2. The zero-order chi connectivity index (χ0) is 17.5. The Balaban J connectivity index is 1.84. The van der Waals surface area contributed by atoms with Crippen molar-refractivity contribution in [3.63, 3.8) is 0 Å². The lowest BCUT2D eigenvalue weighted by Gasteiger charge is -2.05. The molecule has 0 heterocycles. The molecule has 0 bridgehead atoms. The molecule has 0 unspecified atom stereocenters. The first-order chi connectivity index (χ1) is 11.5. The van der Waals surface area contributed by atoms with Gasteiger partial charge in [0.05, 0.1) is 16.3 Å². The smallest absolute Gasteiger partial charge is 0.249 e. The second kappa shape index (κ2) is 8.33. The Morgan fingerprint density at radius 1 is 1.08 bits per heavy atom. The van der Waals surface area contributed by atoms with E-state index in [0.29, 0.717) is 21.3 Å². The van der Waals surface area contributed by atoms with Crippen molar-refractivity contribution in [1.29, 1.82) is 0 Å². The molecule has 0 aliphatic carbocycles. The fraction of sp³-hybridized carbons (Fsp3) is 0.0625. The Morgan fingerprint density at radius 3 is 2.54 bits per heavy atom. The van der Waals surface area contributed by atoms with E-state index in [0.717, 1.165) is 0 Å². The van der Waals surface area contributed by atoms with Crippen LogP contribution in [0.4, 0.5) is 5.69 Å². The molecule has 2 amide bonds. The molecule has 0 radical (unpaired) electrons. The molecule has 0 aliphatic rings. The van der Waals surface area contributed by atoms with E-state index in [1.165, 1.54) is 24.4 Å². The molecule has 2 rings (SSSR count). The molecule has 0 spiro atoms. The van der Waals surface area contributed by atoms with E-state index in [2.05, 4.69) is 15.8 Å². The number of hydrogen-bond donors (Lipinski definition) is 3. The third-order valence-corrected chi connectivity index (χ3v) is 3.59. The molecule has 2 aromatic rings. The Morgan fingerprint density at radius 2 is 1.83 bits per heavy atom. The minimum Gasteiger partial charge on any atom is -0.507 e. The molecule has 0 atom stereocenters. The van der Waals surface area contributed by atoms with Crippen LogP contribution in [-0.4, -0.2) is 23.1 Å². The van der Waals surface area contributed by atoms with Crippen LogP contribution in [-0.2, 0) is 9.59 Å². The lowest BCUT2D eigenvalue weighted by molar-refractivity contribution is -0.126. The van der Waals surface area contributed by atoms with E-state index in [-0.39, 0.29) is 5.75 Å². The number of nitrogens with one attached hydrogen (secondary N) is 2. The standard InChI is InChI=1S/C16H13Cl2N3O3/c17-12-6-5-11(7-13(12)18)20-15(23)8-16(24)21-19-9-10-3-1-2-4-14(10)22/h1-7,9,22H,8H2,(H,20,23)(H,21,24)/b19-9+. The van der Waals surface area contributed by atoms with Gasteiger partial charge < -0.3 is 10.4 Å². The van der Waals surface area contributed by atoms with Crippen LogP contribution in [0.3, 0.4) is 0 Å². The number of amides is 2. The molecular weight excluding hydrogens is 353 g/mol. The summed E-state index contributed by atoms with van der Waals surface area (Å²) >= 11 is 11.6. The predicted molar refractivity (Wildman–Crippen MR) is 93.6 cm³/mol. The van der Waals surface area contributed by atoms with Crippen LogP contribution in [0.1, 0.15) is 12.0 Å². The maximum Gasteiger partial charge on any atom is 0.249 e. The van der Waals surface area contributed by atoms with Crippen molar-refractivity contribution in [3.8, 4) is 5.75 Å². The van der Waals surface area contributed by atoms with Gasteiger partial charge in [-0.1, -0.05) is 35.3 Å². The SMILES string of the molecule is O=C(CC(=O)Nc1ccc(Cl)c(Cl)c1)N/N=C/c1ccccc1O. The van der Waals surface area contributed by atoms with Crippen molar-refractivity contribution in [3.05, 3.63) is 58.1 Å². The van der Waals surface area contributed by atoms with Crippen molar-refractivity contribution >= 4 is 46.9 Å². The molecular formula is C16H13Cl2N3O3. The van der Waals surface area contributed by atoms with Gasteiger partial charge in [0.25, 0.3) is 0 Å². The number of phenols is 1. The number of hydrogen-bond acceptors (Lipinski definition) is 4. The molecule has 124 valence electrons. The van der Waals surface area contributed by atoms with E-state index in [1.807, 2.05) is 0 Å². The molecule has 0 aliphatic heterocycles. The first-order valence-electron chi connectivity index (χ1n) is 6.80. The Bertz CT molecular complexity index is 794. The number of phenolic OH excluding ortho intramolecular Hbond substituents is 1. The number of carbonyl (C=O) groups is 2. The minimum atomic E-state index is -0.598. The number of para-hydroxylation sites is 1. The summed E-state index contributed by atoms with van der Waals surface area (Å²) in [5.41, 5.74) is 3.08. The summed E-state index contributed by atoms with van der Waals surface area (Å²) in [5, 5.41) is 16.4. The van der Waals surface area contributed by atoms with Gasteiger partial charge in [-0.2, -0.15) is 5.10 Å². The maximum atomic E-state index is 11.8. The average molecular weight is 366 g/mol. The number of benzene rings is 2. The molecule has 8 heteroatoms. The van der Waals surface area contributed by atoms with Crippen molar-refractivity contribution in [2.24, 2.45) is 5.10 Å². The Kier molecular flexibility index (Phi) is 6.17. The highest BCUT2D eigenvalue weighted by Crippen LogP contribution is 2.25. The van der Waals surface area contributed by atoms with Crippen molar-refractivity contribution in [1.82, 2.24) is 5.43 Å². The van der Waals surface area contributed by atoms with E-state index >= 15 is 0 Å². The maximum absolute atomic E-state index is 11.8. The number of hydrazone groups is 1.